The average Bonchev–Trinajstić information content (AvgIpc) is 2.61. The Morgan fingerprint density at radius 2 is 1.72 bits per heavy atom. The molecule has 2 N–H and O–H groups in total. The number of rotatable bonds is 1. The zero-order valence-electron chi connectivity index (χ0n) is 14.5. The van der Waals surface area contributed by atoms with Crippen molar-refractivity contribution in [3.63, 3.8) is 0 Å². The molecular weight excluding hydrogens is 316 g/mol. The monoisotopic (exact) mass is 338 g/mol. The third-order valence-corrected chi connectivity index (χ3v) is 5.82. The molecule has 4 rings (SSSR count). The zero-order chi connectivity index (χ0) is 17.7. The SMILES string of the molecule is C[C@H]1[C@H](C)CCC[C@@H]1n1ccc2nc3ccn(N)c(=O)c3cc2c1=O. The van der Waals surface area contributed by atoms with E-state index in [1.807, 2.05) is 16.8 Å². The van der Waals surface area contributed by atoms with Crippen LogP contribution < -0.4 is 17.0 Å². The summed E-state index contributed by atoms with van der Waals surface area (Å²) in [5.41, 5.74) is 0.737. The Balaban J connectivity index is 1.95. The van der Waals surface area contributed by atoms with Crippen LogP contribution in [0.4, 0.5) is 0 Å². The van der Waals surface area contributed by atoms with E-state index in [-0.39, 0.29) is 17.2 Å². The van der Waals surface area contributed by atoms with Gasteiger partial charge in [0.25, 0.3) is 11.1 Å². The van der Waals surface area contributed by atoms with E-state index in [1.165, 1.54) is 12.6 Å². The van der Waals surface area contributed by atoms with Crippen LogP contribution in [0, 0.1) is 11.8 Å². The minimum atomic E-state index is -0.346. The maximum absolute atomic E-state index is 13.1. The van der Waals surface area contributed by atoms with E-state index in [2.05, 4.69) is 18.8 Å². The fourth-order valence-corrected chi connectivity index (χ4v) is 4.06. The molecule has 0 radical (unpaired) electrons. The van der Waals surface area contributed by atoms with Crippen LogP contribution in [0.2, 0.25) is 0 Å². The van der Waals surface area contributed by atoms with Crippen LogP contribution in [0.1, 0.15) is 39.2 Å². The summed E-state index contributed by atoms with van der Waals surface area (Å²) >= 11 is 0. The van der Waals surface area contributed by atoms with Crippen molar-refractivity contribution in [2.24, 2.45) is 11.8 Å². The van der Waals surface area contributed by atoms with E-state index in [0.717, 1.165) is 17.5 Å². The van der Waals surface area contributed by atoms with E-state index in [9.17, 15) is 9.59 Å². The van der Waals surface area contributed by atoms with Crippen molar-refractivity contribution in [2.75, 3.05) is 5.84 Å². The predicted molar refractivity (Wildman–Crippen MR) is 99.1 cm³/mol. The topological polar surface area (TPSA) is 82.9 Å². The number of nitrogen functional groups attached to an aromatic ring is 1. The molecule has 0 amide bonds. The number of nitrogens with zero attached hydrogens (tertiary/aromatic N) is 3. The molecule has 3 aromatic rings. The molecule has 1 fully saturated rings. The lowest BCUT2D eigenvalue weighted by atomic mass is 9.78. The highest BCUT2D eigenvalue weighted by atomic mass is 16.1. The third kappa shape index (κ3) is 2.44. The zero-order valence-corrected chi connectivity index (χ0v) is 14.5. The van der Waals surface area contributed by atoms with Gasteiger partial charge < -0.3 is 10.4 Å². The standard InChI is InChI=1S/C19H22N4O2/c1-11-4-3-5-17(12(11)2)22-8-6-15-13(18(22)24)10-14-16(21-15)7-9-23(20)19(14)25/h6-12,17H,3-5,20H2,1-2H3/t11-,12+,17+/m1/s1. The highest BCUT2D eigenvalue weighted by Gasteiger charge is 2.29. The molecule has 0 saturated heterocycles. The number of hydrogen-bond acceptors (Lipinski definition) is 4. The van der Waals surface area contributed by atoms with Crippen LogP contribution in [-0.2, 0) is 0 Å². The van der Waals surface area contributed by atoms with Gasteiger partial charge in [-0.3, -0.25) is 9.59 Å². The average molecular weight is 338 g/mol. The smallest absolute Gasteiger partial charge is 0.278 e. The van der Waals surface area contributed by atoms with Crippen molar-refractivity contribution in [2.45, 2.75) is 39.2 Å². The molecule has 3 heterocycles. The molecule has 3 aromatic heterocycles. The maximum Gasteiger partial charge on any atom is 0.278 e. The van der Waals surface area contributed by atoms with Crippen LogP contribution in [0.25, 0.3) is 21.8 Å². The molecule has 0 spiro atoms. The molecule has 0 unspecified atom stereocenters. The summed E-state index contributed by atoms with van der Waals surface area (Å²) in [5, 5.41) is 0.848. The first-order valence-corrected chi connectivity index (χ1v) is 8.79. The minimum Gasteiger partial charge on any atom is -0.336 e. The second-order valence-corrected chi connectivity index (χ2v) is 7.24. The molecule has 25 heavy (non-hydrogen) atoms. The van der Waals surface area contributed by atoms with E-state index >= 15 is 0 Å². The Hall–Kier alpha value is -2.63. The first kappa shape index (κ1) is 15.9. The summed E-state index contributed by atoms with van der Waals surface area (Å²) in [5.74, 6) is 6.68. The van der Waals surface area contributed by atoms with E-state index in [0.29, 0.717) is 33.6 Å². The summed E-state index contributed by atoms with van der Waals surface area (Å²) < 4.78 is 2.85. The predicted octanol–water partition coefficient (Wildman–Crippen LogP) is 2.42. The molecule has 0 aliphatic heterocycles. The lowest BCUT2D eigenvalue weighted by Gasteiger charge is -2.35. The summed E-state index contributed by atoms with van der Waals surface area (Å²) in [6.07, 6.45) is 6.69. The molecule has 1 saturated carbocycles. The van der Waals surface area contributed by atoms with Gasteiger partial charge >= 0.3 is 0 Å². The maximum atomic E-state index is 13.1. The molecule has 1 aliphatic rings. The van der Waals surface area contributed by atoms with Gasteiger partial charge in [0.15, 0.2) is 0 Å². The first-order valence-electron chi connectivity index (χ1n) is 8.79. The van der Waals surface area contributed by atoms with Crippen LogP contribution in [0.5, 0.6) is 0 Å². The van der Waals surface area contributed by atoms with E-state index in [4.69, 9.17) is 5.84 Å². The van der Waals surface area contributed by atoms with Gasteiger partial charge in [-0.25, -0.2) is 9.66 Å². The number of hydrogen-bond donors (Lipinski definition) is 1. The van der Waals surface area contributed by atoms with Gasteiger partial charge in [-0.05, 0) is 36.5 Å². The van der Waals surface area contributed by atoms with Gasteiger partial charge in [-0.2, -0.15) is 0 Å². The fraction of sp³-hybridized carbons (Fsp3) is 0.421. The molecule has 6 heteroatoms. The van der Waals surface area contributed by atoms with Crippen LogP contribution in [0.15, 0.2) is 40.2 Å². The second kappa shape index (κ2) is 5.72. The molecule has 6 nitrogen and oxygen atoms in total. The van der Waals surface area contributed by atoms with Crippen molar-refractivity contribution in [1.82, 2.24) is 14.2 Å². The van der Waals surface area contributed by atoms with E-state index < -0.39 is 0 Å². The van der Waals surface area contributed by atoms with E-state index in [1.54, 1.807) is 12.1 Å². The summed E-state index contributed by atoms with van der Waals surface area (Å²) in [4.78, 5) is 29.8. The van der Waals surface area contributed by atoms with Crippen molar-refractivity contribution < 1.29 is 0 Å². The van der Waals surface area contributed by atoms with Crippen LogP contribution in [-0.4, -0.2) is 14.2 Å². The van der Waals surface area contributed by atoms with Gasteiger partial charge in [-0.1, -0.05) is 26.7 Å². The number of nitrogens with two attached hydrogens (primary N) is 1. The van der Waals surface area contributed by atoms with Crippen molar-refractivity contribution >= 4 is 21.8 Å². The quantitative estimate of drug-likeness (QED) is 0.546. The van der Waals surface area contributed by atoms with Gasteiger partial charge in [0.2, 0.25) is 0 Å². The molecule has 0 bridgehead atoms. The van der Waals surface area contributed by atoms with Gasteiger partial charge in [0.05, 0.1) is 21.8 Å². The molecule has 1 aliphatic carbocycles. The lowest BCUT2D eigenvalue weighted by molar-refractivity contribution is 0.183. The highest BCUT2D eigenvalue weighted by molar-refractivity contribution is 5.91. The summed E-state index contributed by atoms with van der Waals surface area (Å²) in [6, 6.07) is 5.39. The molecular formula is C19H22N4O2. The van der Waals surface area contributed by atoms with Gasteiger partial charge in [0, 0.05) is 18.4 Å². The largest absolute Gasteiger partial charge is 0.336 e. The number of fused-ring (bicyclic) bond motifs is 2. The Bertz CT molecular complexity index is 1080. The lowest BCUT2D eigenvalue weighted by Crippen LogP contribution is -2.33. The number of pyridine rings is 3. The molecule has 0 aromatic carbocycles. The molecule has 3 atom stereocenters. The van der Waals surface area contributed by atoms with Crippen molar-refractivity contribution in [1.29, 1.82) is 0 Å². The van der Waals surface area contributed by atoms with Crippen molar-refractivity contribution in [3.8, 4) is 0 Å². The van der Waals surface area contributed by atoms with Crippen LogP contribution in [0.3, 0.4) is 0 Å². The van der Waals surface area contributed by atoms with Crippen molar-refractivity contribution in [3.05, 3.63) is 51.3 Å². The van der Waals surface area contributed by atoms with Gasteiger partial charge in [-0.15, -0.1) is 0 Å². The Morgan fingerprint density at radius 3 is 2.48 bits per heavy atom. The summed E-state index contributed by atoms with van der Waals surface area (Å²) in [7, 11) is 0. The van der Waals surface area contributed by atoms with Gasteiger partial charge in [0.1, 0.15) is 0 Å². The highest BCUT2D eigenvalue weighted by Crippen LogP contribution is 2.37. The fourth-order valence-electron chi connectivity index (χ4n) is 4.06. The normalized spacial score (nSPS) is 24.0. The number of aromatic nitrogens is 3. The third-order valence-electron chi connectivity index (χ3n) is 5.82. The first-order chi connectivity index (χ1) is 12.0. The Labute approximate surface area is 144 Å². The Morgan fingerprint density at radius 1 is 1.04 bits per heavy atom. The summed E-state index contributed by atoms with van der Waals surface area (Å²) in [6.45, 7) is 4.47. The van der Waals surface area contributed by atoms with Crippen LogP contribution >= 0.6 is 0 Å². The molecule has 130 valence electrons. The minimum absolute atomic E-state index is 0.0790. The second-order valence-electron chi connectivity index (χ2n) is 7.24. The Kier molecular flexibility index (Phi) is 3.63.